The van der Waals surface area contributed by atoms with Gasteiger partial charge in [-0.2, -0.15) is 0 Å². The van der Waals surface area contributed by atoms with E-state index >= 15 is 0 Å². The topological polar surface area (TPSA) is 107 Å². The van der Waals surface area contributed by atoms with Crippen molar-refractivity contribution in [3.8, 4) is 0 Å². The Bertz CT molecular complexity index is 635. The molecule has 7 nitrogen and oxygen atoms in total. The molecule has 1 atom stereocenters. The molecule has 2 amide bonds. The van der Waals surface area contributed by atoms with E-state index in [0.717, 1.165) is 11.8 Å². The number of aliphatic hydroxyl groups is 1. The quantitative estimate of drug-likeness (QED) is 0.503. The zero-order valence-corrected chi connectivity index (χ0v) is 12.9. The van der Waals surface area contributed by atoms with Crippen LogP contribution in [0.15, 0.2) is 33.4 Å². The van der Waals surface area contributed by atoms with Crippen molar-refractivity contribution < 1.29 is 24.6 Å². The van der Waals surface area contributed by atoms with E-state index in [1.165, 1.54) is 18.0 Å². The van der Waals surface area contributed by atoms with E-state index in [4.69, 9.17) is 5.11 Å². The lowest BCUT2D eigenvalue weighted by Crippen LogP contribution is -2.53. The first-order valence-electron chi connectivity index (χ1n) is 6.57. The normalized spacial score (nSPS) is 22.8. The highest BCUT2D eigenvalue weighted by atomic mass is 32.2. The molecule has 22 heavy (non-hydrogen) atoms. The van der Waals surface area contributed by atoms with Crippen LogP contribution in [0.5, 0.6) is 0 Å². The molecule has 0 spiro atoms. The lowest BCUT2D eigenvalue weighted by Gasteiger charge is -2.39. The van der Waals surface area contributed by atoms with Crippen molar-refractivity contribution in [2.75, 3.05) is 6.61 Å². The molecular weight excluding hydrogens is 308 g/mol. The fraction of sp³-hybridized carbons (Fsp3) is 0.357. The van der Waals surface area contributed by atoms with Gasteiger partial charge in [0.15, 0.2) is 0 Å². The summed E-state index contributed by atoms with van der Waals surface area (Å²) in [5, 5.41) is 22.5. The predicted octanol–water partition coefficient (Wildman–Crippen LogP) is 0.546. The van der Waals surface area contributed by atoms with E-state index < -0.39 is 5.97 Å². The number of carbonyl (C=O) groups excluding carboxylic acids is 2. The summed E-state index contributed by atoms with van der Waals surface area (Å²) >= 11 is 1.16. The highest BCUT2D eigenvalue weighted by molar-refractivity contribution is 8.05. The molecule has 0 radical (unpaired) electrons. The average molecular weight is 324 g/mol. The Morgan fingerprint density at radius 1 is 1.45 bits per heavy atom. The third kappa shape index (κ3) is 2.79. The maximum atomic E-state index is 12.1. The molecule has 2 aliphatic rings. The molecule has 8 heteroatoms. The smallest absolute Gasteiger partial charge is 0.353 e. The molecule has 1 saturated heterocycles. The molecule has 118 valence electrons. The first-order valence-corrected chi connectivity index (χ1v) is 7.45. The minimum Gasteiger partial charge on any atom is -0.477 e. The molecule has 0 saturated carbocycles. The zero-order chi connectivity index (χ0) is 16.4. The summed E-state index contributed by atoms with van der Waals surface area (Å²) in [5.74, 6) is -1.75. The number of hydrogen-bond acceptors (Lipinski definition) is 5. The molecule has 0 aromatic carbocycles. The van der Waals surface area contributed by atoms with Gasteiger partial charge in [-0.05, 0) is 17.9 Å². The monoisotopic (exact) mass is 324 g/mol. The number of carbonyl (C=O) groups is 3. The molecule has 0 bridgehead atoms. The predicted molar refractivity (Wildman–Crippen MR) is 80.2 cm³/mol. The Balaban J connectivity index is 2.20. The number of aliphatic carboxylic acids is 1. The van der Waals surface area contributed by atoms with Gasteiger partial charge in [-0.3, -0.25) is 14.5 Å². The van der Waals surface area contributed by atoms with Crippen LogP contribution in [0.4, 0.5) is 0 Å². The third-order valence-corrected chi connectivity index (χ3v) is 4.36. The van der Waals surface area contributed by atoms with Crippen molar-refractivity contribution in [3.05, 3.63) is 33.4 Å². The van der Waals surface area contributed by atoms with Crippen LogP contribution < -0.4 is 5.32 Å². The van der Waals surface area contributed by atoms with Crippen molar-refractivity contribution in [1.82, 2.24) is 10.2 Å². The second-order valence-electron chi connectivity index (χ2n) is 4.95. The molecule has 0 aromatic rings. The van der Waals surface area contributed by atoms with Crippen molar-refractivity contribution in [3.63, 3.8) is 0 Å². The molecule has 2 heterocycles. The van der Waals surface area contributed by atoms with Crippen molar-refractivity contribution in [1.29, 1.82) is 0 Å². The third-order valence-electron chi connectivity index (χ3n) is 3.44. The largest absolute Gasteiger partial charge is 0.477 e. The van der Waals surface area contributed by atoms with Crippen LogP contribution in [-0.4, -0.2) is 45.5 Å². The van der Waals surface area contributed by atoms with Crippen molar-refractivity contribution >= 4 is 29.5 Å². The Hall–Kier alpha value is -2.06. The van der Waals surface area contributed by atoms with Crippen molar-refractivity contribution in [2.45, 2.75) is 26.3 Å². The Kier molecular flexibility index (Phi) is 4.72. The molecule has 0 unspecified atom stereocenters. The van der Waals surface area contributed by atoms with Gasteiger partial charge < -0.3 is 15.5 Å². The standard InChI is InChI=1S/C14H16N2O5S/c1-7(6-17)11-9-5-10(22-4-3-15-8(2)18)12(14(20)21)16(9)13(11)19/h3-4,9,17H,5-6H2,1-2H3,(H,15,18)(H,20,21)/b4-3+,11-7+/t9-/m1/s1. The van der Waals surface area contributed by atoms with Gasteiger partial charge in [0, 0.05) is 30.0 Å². The van der Waals surface area contributed by atoms with Crippen LogP contribution in [0.2, 0.25) is 0 Å². The number of amides is 2. The van der Waals surface area contributed by atoms with Crippen LogP contribution in [0.1, 0.15) is 20.3 Å². The van der Waals surface area contributed by atoms with E-state index in [-0.39, 0.29) is 30.2 Å². The van der Waals surface area contributed by atoms with E-state index in [0.29, 0.717) is 22.5 Å². The van der Waals surface area contributed by atoms with Crippen molar-refractivity contribution in [2.24, 2.45) is 0 Å². The van der Waals surface area contributed by atoms with E-state index in [1.807, 2.05) is 0 Å². The van der Waals surface area contributed by atoms with Gasteiger partial charge in [-0.25, -0.2) is 4.79 Å². The zero-order valence-electron chi connectivity index (χ0n) is 12.1. The number of β-lactam (4-membered cyclic amide) rings is 1. The highest BCUT2D eigenvalue weighted by Gasteiger charge is 2.52. The lowest BCUT2D eigenvalue weighted by atomic mass is 9.90. The van der Waals surface area contributed by atoms with Gasteiger partial charge in [0.25, 0.3) is 5.91 Å². The number of fused-ring (bicyclic) bond motifs is 1. The summed E-state index contributed by atoms with van der Waals surface area (Å²) in [6, 6.07) is -0.317. The van der Waals surface area contributed by atoms with Gasteiger partial charge in [-0.1, -0.05) is 11.8 Å². The number of rotatable bonds is 5. The number of hydrogen-bond donors (Lipinski definition) is 3. The highest BCUT2D eigenvalue weighted by Crippen LogP contribution is 2.46. The number of nitrogens with zero attached hydrogens (tertiary/aromatic N) is 1. The van der Waals surface area contributed by atoms with Crippen LogP contribution >= 0.6 is 11.8 Å². The summed E-state index contributed by atoms with van der Waals surface area (Å²) in [6.07, 6.45) is 1.82. The summed E-state index contributed by atoms with van der Waals surface area (Å²) in [5.41, 5.74) is 1.03. The number of aliphatic hydroxyl groups excluding tert-OH is 1. The molecule has 0 aromatic heterocycles. The minimum absolute atomic E-state index is 0.0260. The number of nitrogens with one attached hydrogen (secondary N) is 1. The van der Waals surface area contributed by atoms with Gasteiger partial charge in [0.05, 0.1) is 12.6 Å². The Morgan fingerprint density at radius 3 is 2.68 bits per heavy atom. The minimum atomic E-state index is -1.16. The lowest BCUT2D eigenvalue weighted by molar-refractivity contribution is -0.142. The van der Waals surface area contributed by atoms with Crippen LogP contribution in [0.25, 0.3) is 0 Å². The summed E-state index contributed by atoms with van der Waals surface area (Å²) in [7, 11) is 0. The molecule has 0 aliphatic carbocycles. The molecular formula is C14H16N2O5S. The SMILES string of the molecule is CC(=O)N/C=C/SC1=C(C(=O)O)N2C(=O)/C(=C(\C)CO)[C@H]2C1. The summed E-state index contributed by atoms with van der Waals surface area (Å²) in [4.78, 5) is 36.1. The second-order valence-corrected chi connectivity index (χ2v) is 5.95. The number of thioether (sulfide) groups is 1. The second kappa shape index (κ2) is 6.37. The first kappa shape index (κ1) is 16.3. The summed E-state index contributed by atoms with van der Waals surface area (Å²) in [6.45, 7) is 2.80. The molecule has 2 aliphatic heterocycles. The van der Waals surface area contributed by atoms with Crippen LogP contribution in [-0.2, 0) is 14.4 Å². The Labute approximate surface area is 131 Å². The van der Waals surface area contributed by atoms with Gasteiger partial charge in [-0.15, -0.1) is 0 Å². The maximum absolute atomic E-state index is 12.1. The summed E-state index contributed by atoms with van der Waals surface area (Å²) < 4.78 is 0. The molecule has 1 fully saturated rings. The first-order chi connectivity index (χ1) is 10.4. The fourth-order valence-corrected chi connectivity index (χ4v) is 3.33. The number of carboxylic acid groups (broad SMARTS) is 1. The van der Waals surface area contributed by atoms with Crippen LogP contribution in [0.3, 0.4) is 0 Å². The van der Waals surface area contributed by atoms with E-state index in [9.17, 15) is 19.5 Å². The molecule has 2 rings (SSSR count). The van der Waals surface area contributed by atoms with Gasteiger partial charge in [0.1, 0.15) is 5.70 Å². The molecule has 3 N–H and O–H groups in total. The maximum Gasteiger partial charge on any atom is 0.353 e. The average Bonchev–Trinajstić information content (AvgIpc) is 2.78. The van der Waals surface area contributed by atoms with Crippen LogP contribution in [0, 0.1) is 0 Å². The number of carboxylic acids is 1. The van der Waals surface area contributed by atoms with E-state index in [2.05, 4.69) is 5.32 Å². The fourth-order valence-electron chi connectivity index (χ4n) is 2.48. The Morgan fingerprint density at radius 2 is 2.14 bits per heavy atom. The van der Waals surface area contributed by atoms with Gasteiger partial charge >= 0.3 is 5.97 Å². The van der Waals surface area contributed by atoms with Gasteiger partial charge in [0.2, 0.25) is 5.91 Å². The van der Waals surface area contributed by atoms with E-state index in [1.54, 1.807) is 12.3 Å².